The lowest BCUT2D eigenvalue weighted by Gasteiger charge is -2.35. The van der Waals surface area contributed by atoms with E-state index in [-0.39, 0.29) is 22.5 Å². The fourth-order valence-corrected chi connectivity index (χ4v) is 5.64. The lowest BCUT2D eigenvalue weighted by molar-refractivity contribution is 0.102. The van der Waals surface area contributed by atoms with Crippen LogP contribution in [0, 0.1) is 0 Å². The topological polar surface area (TPSA) is 62.8 Å². The van der Waals surface area contributed by atoms with Gasteiger partial charge in [0.05, 0.1) is 17.0 Å². The molecule has 3 aromatic rings. The van der Waals surface area contributed by atoms with Crippen molar-refractivity contribution >= 4 is 17.5 Å². The summed E-state index contributed by atoms with van der Waals surface area (Å²) in [6.45, 7) is 0. The molecule has 1 saturated carbocycles. The van der Waals surface area contributed by atoms with Gasteiger partial charge < -0.3 is 4.98 Å². The second-order valence-corrected chi connectivity index (χ2v) is 8.96. The highest BCUT2D eigenvalue weighted by molar-refractivity contribution is 7.99. The van der Waals surface area contributed by atoms with E-state index in [0.717, 1.165) is 48.9 Å². The molecule has 0 amide bonds. The van der Waals surface area contributed by atoms with Crippen molar-refractivity contribution in [1.82, 2.24) is 9.97 Å². The molecule has 2 aliphatic rings. The molecule has 1 heterocycles. The maximum atomic E-state index is 13.2. The summed E-state index contributed by atoms with van der Waals surface area (Å²) in [4.78, 5) is 33.5. The van der Waals surface area contributed by atoms with Gasteiger partial charge in [-0.3, -0.25) is 9.59 Å². The summed E-state index contributed by atoms with van der Waals surface area (Å²) in [6.07, 6.45) is 5.31. The summed E-state index contributed by atoms with van der Waals surface area (Å²) < 4.78 is 0. The molecule has 0 unspecified atom stereocenters. The van der Waals surface area contributed by atoms with Crippen LogP contribution in [0.5, 0.6) is 0 Å². The quantitative estimate of drug-likeness (QED) is 0.388. The molecule has 2 aromatic carbocycles. The molecule has 0 saturated heterocycles. The number of rotatable bonds is 4. The number of H-pyrrole nitrogens is 1. The van der Waals surface area contributed by atoms with Gasteiger partial charge in [-0.2, -0.15) is 0 Å². The molecule has 1 fully saturated rings. The molecule has 1 aromatic heterocycles. The molecular weight excluding hydrogens is 380 g/mol. The van der Waals surface area contributed by atoms with Gasteiger partial charge in [-0.15, -0.1) is 0 Å². The van der Waals surface area contributed by atoms with Crippen molar-refractivity contribution in [1.29, 1.82) is 0 Å². The van der Waals surface area contributed by atoms with Crippen LogP contribution in [0.15, 0.2) is 64.5 Å². The lowest BCUT2D eigenvalue weighted by Crippen LogP contribution is -2.37. The highest BCUT2D eigenvalue weighted by Crippen LogP contribution is 2.49. The number of hydrogen-bond donors (Lipinski definition) is 1. The first-order valence-corrected chi connectivity index (χ1v) is 11.1. The van der Waals surface area contributed by atoms with Gasteiger partial charge >= 0.3 is 0 Å². The zero-order valence-corrected chi connectivity index (χ0v) is 16.9. The lowest BCUT2D eigenvalue weighted by atomic mass is 9.68. The smallest absolute Gasteiger partial charge is 0.255 e. The van der Waals surface area contributed by atoms with Crippen molar-refractivity contribution in [2.75, 3.05) is 5.75 Å². The fourth-order valence-electron chi connectivity index (χ4n) is 4.89. The van der Waals surface area contributed by atoms with E-state index in [1.807, 2.05) is 36.4 Å². The van der Waals surface area contributed by atoms with E-state index in [0.29, 0.717) is 10.7 Å². The average Bonchev–Trinajstić information content (AvgIpc) is 3.21. The van der Waals surface area contributed by atoms with E-state index < -0.39 is 0 Å². The summed E-state index contributed by atoms with van der Waals surface area (Å²) in [7, 11) is 0. The Bertz CT molecular complexity index is 1130. The van der Waals surface area contributed by atoms with Crippen molar-refractivity contribution < 1.29 is 4.79 Å². The minimum atomic E-state index is -0.0900. The molecule has 0 radical (unpaired) electrons. The number of hydrogen-bond acceptors (Lipinski definition) is 4. The Balaban J connectivity index is 1.52. The van der Waals surface area contributed by atoms with Crippen molar-refractivity contribution in [2.45, 2.75) is 42.7 Å². The van der Waals surface area contributed by atoms with E-state index >= 15 is 0 Å². The summed E-state index contributed by atoms with van der Waals surface area (Å²) >= 11 is 1.30. The largest absolute Gasteiger partial charge is 0.301 e. The molecule has 2 aliphatic carbocycles. The fraction of sp³-hybridized carbons (Fsp3) is 0.292. The number of aromatic nitrogens is 2. The number of carbonyl (C=O) groups excluding carboxylic acids is 1. The second kappa shape index (κ2) is 7.30. The number of ketones is 1. The molecular formula is C24H22N2O2S. The predicted octanol–water partition coefficient (Wildman–Crippen LogP) is 4.78. The van der Waals surface area contributed by atoms with Gasteiger partial charge in [-0.05, 0) is 24.8 Å². The Kier molecular flexibility index (Phi) is 4.63. The molecule has 146 valence electrons. The molecule has 0 bridgehead atoms. The van der Waals surface area contributed by atoms with Crippen LogP contribution < -0.4 is 5.56 Å². The number of fused-ring (bicyclic) bond motifs is 4. The summed E-state index contributed by atoms with van der Waals surface area (Å²) in [6, 6.07) is 17.5. The van der Waals surface area contributed by atoms with Crippen molar-refractivity contribution in [3.05, 3.63) is 81.6 Å². The molecule has 5 rings (SSSR count). The maximum absolute atomic E-state index is 13.2. The minimum Gasteiger partial charge on any atom is -0.301 e. The number of benzene rings is 2. The Morgan fingerprint density at radius 3 is 2.55 bits per heavy atom. The Labute approximate surface area is 173 Å². The molecule has 1 spiro atoms. The van der Waals surface area contributed by atoms with Gasteiger partial charge in [-0.1, -0.05) is 79.2 Å². The van der Waals surface area contributed by atoms with E-state index in [1.54, 1.807) is 0 Å². The van der Waals surface area contributed by atoms with Crippen molar-refractivity contribution in [3.8, 4) is 11.3 Å². The first-order valence-electron chi connectivity index (χ1n) is 10.1. The monoisotopic (exact) mass is 402 g/mol. The van der Waals surface area contributed by atoms with Crippen molar-refractivity contribution in [2.24, 2.45) is 0 Å². The predicted molar refractivity (Wildman–Crippen MR) is 116 cm³/mol. The number of carbonyl (C=O) groups is 1. The van der Waals surface area contributed by atoms with Gasteiger partial charge in [0.15, 0.2) is 10.9 Å². The van der Waals surface area contributed by atoms with Gasteiger partial charge in [0.1, 0.15) is 0 Å². The molecule has 29 heavy (non-hydrogen) atoms. The van der Waals surface area contributed by atoms with Crippen LogP contribution in [0.3, 0.4) is 0 Å². The molecule has 0 aliphatic heterocycles. The van der Waals surface area contributed by atoms with Gasteiger partial charge in [0.25, 0.3) is 5.56 Å². The molecule has 1 N–H and O–H groups in total. The SMILES string of the molecule is O=C(CSc1nc2c(c(=O)[nH]1)C1(CCCC1)Cc1ccccc1-2)c1ccccc1. The van der Waals surface area contributed by atoms with Crippen LogP contribution in [-0.2, 0) is 11.8 Å². The zero-order valence-electron chi connectivity index (χ0n) is 16.1. The molecule has 0 atom stereocenters. The first-order chi connectivity index (χ1) is 14.2. The van der Waals surface area contributed by atoms with Crippen LogP contribution in [0.25, 0.3) is 11.3 Å². The minimum absolute atomic E-state index is 0.0311. The number of Topliss-reactive ketones (excluding diaryl/α,β-unsaturated/α-hetero) is 1. The van der Waals surface area contributed by atoms with Crippen LogP contribution in [0.1, 0.15) is 47.2 Å². The Morgan fingerprint density at radius 1 is 1.03 bits per heavy atom. The molecule has 4 nitrogen and oxygen atoms in total. The van der Waals surface area contributed by atoms with Crippen molar-refractivity contribution in [3.63, 3.8) is 0 Å². The number of aromatic amines is 1. The maximum Gasteiger partial charge on any atom is 0.255 e. The summed E-state index contributed by atoms with van der Waals surface area (Å²) in [5.41, 5.74) is 4.54. The zero-order chi connectivity index (χ0) is 19.8. The van der Waals surface area contributed by atoms with E-state index in [9.17, 15) is 9.59 Å². The summed E-state index contributed by atoms with van der Waals surface area (Å²) in [5.74, 6) is 0.280. The Morgan fingerprint density at radius 2 is 1.76 bits per heavy atom. The van der Waals surface area contributed by atoms with E-state index in [2.05, 4.69) is 23.2 Å². The third-order valence-electron chi connectivity index (χ3n) is 6.23. The van der Waals surface area contributed by atoms with Crippen LogP contribution in [0.4, 0.5) is 0 Å². The third-order valence-corrected chi connectivity index (χ3v) is 7.10. The Hall–Kier alpha value is -2.66. The van der Waals surface area contributed by atoms with Gasteiger partial charge in [0.2, 0.25) is 0 Å². The third kappa shape index (κ3) is 3.23. The normalized spacial score (nSPS) is 16.4. The van der Waals surface area contributed by atoms with Crippen LogP contribution in [0.2, 0.25) is 0 Å². The number of nitrogens with one attached hydrogen (secondary N) is 1. The second-order valence-electron chi connectivity index (χ2n) is 7.99. The van der Waals surface area contributed by atoms with Crippen LogP contribution in [-0.4, -0.2) is 21.5 Å². The first kappa shape index (κ1) is 18.4. The molecule has 5 heteroatoms. The van der Waals surface area contributed by atoms with E-state index in [1.165, 1.54) is 17.3 Å². The standard InChI is InChI=1S/C24H22N2O2S/c27-19(16-8-2-1-3-9-16)15-29-23-25-21-18-11-5-4-10-17(18)14-24(12-6-7-13-24)20(21)22(28)26-23/h1-5,8-11H,6-7,12-15H2,(H,25,26,28). The van der Waals surface area contributed by atoms with Gasteiger partial charge in [-0.25, -0.2) is 4.98 Å². The van der Waals surface area contributed by atoms with E-state index in [4.69, 9.17) is 4.98 Å². The highest BCUT2D eigenvalue weighted by Gasteiger charge is 2.43. The average molecular weight is 403 g/mol. The highest BCUT2D eigenvalue weighted by atomic mass is 32.2. The van der Waals surface area contributed by atoms with Gasteiger partial charge in [0, 0.05) is 16.5 Å². The number of nitrogens with zero attached hydrogens (tertiary/aromatic N) is 1. The number of thioether (sulfide) groups is 1. The van der Waals surface area contributed by atoms with Crippen LogP contribution >= 0.6 is 11.8 Å². The summed E-state index contributed by atoms with van der Waals surface area (Å²) in [5, 5.41) is 0.517.